The van der Waals surface area contributed by atoms with E-state index in [1.165, 1.54) is 12.8 Å². The van der Waals surface area contributed by atoms with Crippen molar-refractivity contribution in [3.8, 4) is 0 Å². The van der Waals surface area contributed by atoms with Crippen molar-refractivity contribution >= 4 is 5.91 Å². The molecule has 2 atom stereocenters. The first-order chi connectivity index (χ1) is 9.13. The van der Waals surface area contributed by atoms with Gasteiger partial charge in [0.2, 0.25) is 5.91 Å². The summed E-state index contributed by atoms with van der Waals surface area (Å²) in [6.45, 7) is 3.38. The van der Waals surface area contributed by atoms with E-state index < -0.39 is 0 Å². The zero-order chi connectivity index (χ0) is 13.8. The average Bonchev–Trinajstić information content (AvgIpc) is 2.84. The van der Waals surface area contributed by atoms with Crippen LogP contribution in [0.5, 0.6) is 0 Å². The molecule has 19 heavy (non-hydrogen) atoms. The van der Waals surface area contributed by atoms with Crippen LogP contribution in [0.1, 0.15) is 37.3 Å². The van der Waals surface area contributed by atoms with Gasteiger partial charge in [0.15, 0.2) is 0 Å². The van der Waals surface area contributed by atoms with Crippen molar-refractivity contribution in [1.29, 1.82) is 0 Å². The van der Waals surface area contributed by atoms with E-state index in [9.17, 15) is 4.79 Å². The first kappa shape index (κ1) is 14.1. The Morgan fingerprint density at radius 1 is 1.32 bits per heavy atom. The fourth-order valence-corrected chi connectivity index (χ4v) is 3.04. The normalized spacial score (nSPS) is 22.5. The number of amides is 1. The number of rotatable bonds is 4. The van der Waals surface area contributed by atoms with Crippen LogP contribution < -0.4 is 5.73 Å². The third kappa shape index (κ3) is 3.16. The van der Waals surface area contributed by atoms with Gasteiger partial charge in [-0.2, -0.15) is 0 Å². The summed E-state index contributed by atoms with van der Waals surface area (Å²) in [6.07, 6.45) is 3.41. The average molecular weight is 260 g/mol. The van der Waals surface area contributed by atoms with Gasteiger partial charge in [0.05, 0.1) is 0 Å². The molecule has 0 bridgehead atoms. The fourth-order valence-electron chi connectivity index (χ4n) is 3.04. The van der Waals surface area contributed by atoms with Crippen LogP contribution in [0.15, 0.2) is 24.3 Å². The number of nitrogens with two attached hydrogens (primary N) is 1. The molecule has 0 aromatic heterocycles. The van der Waals surface area contributed by atoms with Crippen LogP contribution in [0.4, 0.5) is 0 Å². The SMILES string of the molecule is CC1CCCC1C(=O)N(C)Cc1ccccc1CN. The van der Waals surface area contributed by atoms with Crippen molar-refractivity contribution in [2.75, 3.05) is 7.05 Å². The van der Waals surface area contributed by atoms with Crippen molar-refractivity contribution in [1.82, 2.24) is 4.90 Å². The molecule has 0 aliphatic heterocycles. The number of hydrogen-bond donors (Lipinski definition) is 1. The van der Waals surface area contributed by atoms with Gasteiger partial charge < -0.3 is 10.6 Å². The lowest BCUT2D eigenvalue weighted by Gasteiger charge is -2.24. The summed E-state index contributed by atoms with van der Waals surface area (Å²) >= 11 is 0. The third-order valence-corrected chi connectivity index (χ3v) is 4.30. The van der Waals surface area contributed by atoms with Crippen molar-refractivity contribution in [2.24, 2.45) is 17.6 Å². The van der Waals surface area contributed by atoms with Gasteiger partial charge in [-0.05, 0) is 29.9 Å². The van der Waals surface area contributed by atoms with Gasteiger partial charge in [0, 0.05) is 26.1 Å². The quantitative estimate of drug-likeness (QED) is 0.904. The molecule has 1 aromatic carbocycles. The second kappa shape index (κ2) is 6.20. The van der Waals surface area contributed by atoms with E-state index in [2.05, 4.69) is 13.0 Å². The lowest BCUT2D eigenvalue weighted by Crippen LogP contribution is -2.34. The van der Waals surface area contributed by atoms with E-state index in [1.54, 1.807) is 0 Å². The maximum Gasteiger partial charge on any atom is 0.225 e. The zero-order valence-corrected chi connectivity index (χ0v) is 11.9. The minimum atomic E-state index is 0.218. The van der Waals surface area contributed by atoms with E-state index in [-0.39, 0.29) is 11.8 Å². The van der Waals surface area contributed by atoms with Gasteiger partial charge in [-0.3, -0.25) is 4.79 Å². The highest BCUT2D eigenvalue weighted by Gasteiger charge is 2.31. The molecule has 2 unspecified atom stereocenters. The van der Waals surface area contributed by atoms with Crippen LogP contribution in [0.3, 0.4) is 0 Å². The fraction of sp³-hybridized carbons (Fsp3) is 0.562. The molecule has 3 nitrogen and oxygen atoms in total. The van der Waals surface area contributed by atoms with Crippen LogP contribution in [-0.4, -0.2) is 17.9 Å². The summed E-state index contributed by atoms with van der Waals surface area (Å²) in [5.74, 6) is 1.03. The molecule has 1 saturated carbocycles. The molecule has 0 heterocycles. The lowest BCUT2D eigenvalue weighted by molar-refractivity contribution is -0.135. The van der Waals surface area contributed by atoms with Crippen LogP contribution in [0.2, 0.25) is 0 Å². The molecule has 1 fully saturated rings. The number of carbonyl (C=O) groups is 1. The number of carbonyl (C=O) groups excluding carboxylic acids is 1. The smallest absolute Gasteiger partial charge is 0.225 e. The minimum Gasteiger partial charge on any atom is -0.341 e. The van der Waals surface area contributed by atoms with Gasteiger partial charge in [-0.1, -0.05) is 37.6 Å². The molecule has 2 N–H and O–H groups in total. The van der Waals surface area contributed by atoms with Crippen molar-refractivity contribution in [2.45, 2.75) is 39.3 Å². The van der Waals surface area contributed by atoms with E-state index >= 15 is 0 Å². The Balaban J connectivity index is 2.04. The number of benzene rings is 1. The second-order valence-corrected chi connectivity index (χ2v) is 5.68. The molecule has 1 aliphatic rings. The minimum absolute atomic E-state index is 0.218. The molecule has 2 rings (SSSR count). The zero-order valence-electron chi connectivity index (χ0n) is 11.9. The van der Waals surface area contributed by atoms with Gasteiger partial charge >= 0.3 is 0 Å². The van der Waals surface area contributed by atoms with Gasteiger partial charge in [-0.25, -0.2) is 0 Å². The number of hydrogen-bond acceptors (Lipinski definition) is 2. The summed E-state index contributed by atoms with van der Waals surface area (Å²) in [5, 5.41) is 0. The summed E-state index contributed by atoms with van der Waals surface area (Å²) in [5.41, 5.74) is 8.03. The van der Waals surface area contributed by atoms with Gasteiger partial charge in [0.25, 0.3) is 0 Å². The molecular weight excluding hydrogens is 236 g/mol. The predicted molar refractivity (Wildman–Crippen MR) is 77.3 cm³/mol. The summed E-state index contributed by atoms with van der Waals surface area (Å²) in [4.78, 5) is 14.3. The summed E-state index contributed by atoms with van der Waals surface area (Å²) in [7, 11) is 1.90. The van der Waals surface area contributed by atoms with Crippen LogP contribution in [-0.2, 0) is 17.9 Å². The highest BCUT2D eigenvalue weighted by Crippen LogP contribution is 2.32. The van der Waals surface area contributed by atoms with Gasteiger partial charge in [-0.15, -0.1) is 0 Å². The van der Waals surface area contributed by atoms with Crippen LogP contribution >= 0.6 is 0 Å². The second-order valence-electron chi connectivity index (χ2n) is 5.68. The first-order valence-electron chi connectivity index (χ1n) is 7.15. The van der Waals surface area contributed by atoms with E-state index in [1.807, 2.05) is 30.1 Å². The molecule has 1 amide bonds. The maximum atomic E-state index is 12.5. The molecule has 1 aromatic rings. The Hall–Kier alpha value is -1.35. The standard InChI is InChI=1S/C16H24N2O/c1-12-6-5-9-15(12)16(19)18(2)11-14-8-4-3-7-13(14)10-17/h3-4,7-8,12,15H,5-6,9-11,17H2,1-2H3. The number of nitrogens with zero attached hydrogens (tertiary/aromatic N) is 1. The molecule has 0 radical (unpaired) electrons. The molecular formula is C16H24N2O. The first-order valence-corrected chi connectivity index (χ1v) is 7.15. The Bertz CT molecular complexity index is 444. The van der Waals surface area contributed by atoms with Gasteiger partial charge in [0.1, 0.15) is 0 Å². The van der Waals surface area contributed by atoms with Crippen molar-refractivity contribution in [3.63, 3.8) is 0 Å². The summed E-state index contributed by atoms with van der Waals surface area (Å²) < 4.78 is 0. The molecule has 0 saturated heterocycles. The van der Waals surface area contributed by atoms with Crippen LogP contribution in [0.25, 0.3) is 0 Å². The maximum absolute atomic E-state index is 12.5. The van der Waals surface area contributed by atoms with E-state index in [0.29, 0.717) is 19.0 Å². The Morgan fingerprint density at radius 2 is 2.00 bits per heavy atom. The largest absolute Gasteiger partial charge is 0.341 e. The topological polar surface area (TPSA) is 46.3 Å². The molecule has 104 valence electrons. The Kier molecular flexibility index (Phi) is 4.59. The highest BCUT2D eigenvalue weighted by atomic mass is 16.2. The summed E-state index contributed by atoms with van der Waals surface area (Å²) in [6, 6.07) is 8.09. The third-order valence-electron chi connectivity index (χ3n) is 4.30. The van der Waals surface area contributed by atoms with Crippen molar-refractivity contribution < 1.29 is 4.79 Å². The Morgan fingerprint density at radius 3 is 2.58 bits per heavy atom. The Labute approximate surface area is 115 Å². The lowest BCUT2D eigenvalue weighted by atomic mass is 9.96. The molecule has 3 heteroatoms. The highest BCUT2D eigenvalue weighted by molar-refractivity contribution is 5.79. The predicted octanol–water partition coefficient (Wildman–Crippen LogP) is 2.54. The van der Waals surface area contributed by atoms with E-state index in [0.717, 1.165) is 17.5 Å². The molecule has 0 spiro atoms. The van der Waals surface area contributed by atoms with Crippen LogP contribution in [0, 0.1) is 11.8 Å². The van der Waals surface area contributed by atoms with E-state index in [4.69, 9.17) is 5.73 Å². The van der Waals surface area contributed by atoms with Crippen molar-refractivity contribution in [3.05, 3.63) is 35.4 Å². The molecule has 1 aliphatic carbocycles. The monoisotopic (exact) mass is 260 g/mol.